The van der Waals surface area contributed by atoms with Gasteiger partial charge in [0.1, 0.15) is 0 Å². The lowest BCUT2D eigenvalue weighted by Gasteiger charge is -2.28. The Morgan fingerprint density at radius 3 is 2.50 bits per heavy atom. The molecule has 2 aliphatic carbocycles. The molecule has 1 aliphatic heterocycles. The molecule has 0 bridgehead atoms. The normalized spacial score (nSPS) is 22.7. The van der Waals surface area contributed by atoms with Crippen LogP contribution in [0.25, 0.3) is 0 Å². The number of hydrogen-bond donors (Lipinski definition) is 1. The third kappa shape index (κ3) is 3.97. The van der Waals surface area contributed by atoms with E-state index in [1.165, 1.54) is 44.1 Å². The summed E-state index contributed by atoms with van der Waals surface area (Å²) in [5, 5.41) is 3.25. The van der Waals surface area contributed by atoms with Gasteiger partial charge in [0.2, 0.25) is 5.91 Å². The van der Waals surface area contributed by atoms with Gasteiger partial charge in [-0.25, -0.2) is 0 Å². The molecule has 2 heterocycles. The van der Waals surface area contributed by atoms with Gasteiger partial charge < -0.3 is 5.32 Å². The number of pyridine rings is 1. The number of carbonyl (C=O) groups excluding carboxylic acids is 1. The van der Waals surface area contributed by atoms with Crippen LogP contribution in [-0.4, -0.2) is 35.4 Å². The molecule has 1 amide bonds. The van der Waals surface area contributed by atoms with Gasteiger partial charge in [-0.15, -0.1) is 0 Å². The topological polar surface area (TPSA) is 45.2 Å². The van der Waals surface area contributed by atoms with Crippen molar-refractivity contribution in [3.05, 3.63) is 30.1 Å². The van der Waals surface area contributed by atoms with Gasteiger partial charge in [0, 0.05) is 25.4 Å². The van der Waals surface area contributed by atoms with E-state index in [4.69, 9.17) is 0 Å². The molecule has 1 N–H and O–H groups in total. The van der Waals surface area contributed by atoms with E-state index in [9.17, 15) is 4.79 Å². The Balaban J connectivity index is 1.34. The van der Waals surface area contributed by atoms with Crippen molar-refractivity contribution in [1.29, 1.82) is 0 Å². The summed E-state index contributed by atoms with van der Waals surface area (Å²) < 4.78 is 0. The molecule has 130 valence electrons. The van der Waals surface area contributed by atoms with Gasteiger partial charge in [-0.3, -0.25) is 14.7 Å². The van der Waals surface area contributed by atoms with Crippen molar-refractivity contribution >= 4 is 5.91 Å². The summed E-state index contributed by atoms with van der Waals surface area (Å²) in [5.41, 5.74) is 1.22. The van der Waals surface area contributed by atoms with Crippen LogP contribution in [0.2, 0.25) is 0 Å². The lowest BCUT2D eigenvalue weighted by molar-refractivity contribution is -0.122. The summed E-state index contributed by atoms with van der Waals surface area (Å²) in [4.78, 5) is 19.3. The number of rotatable bonds is 8. The molecule has 1 atom stereocenters. The number of likely N-dealkylation sites (tertiary alicyclic amines) is 1. The Labute approximate surface area is 145 Å². The van der Waals surface area contributed by atoms with Gasteiger partial charge in [0.15, 0.2) is 0 Å². The molecule has 4 rings (SSSR count). The second kappa shape index (κ2) is 7.22. The van der Waals surface area contributed by atoms with E-state index in [2.05, 4.69) is 21.3 Å². The lowest BCUT2D eigenvalue weighted by Crippen LogP contribution is -2.37. The third-order valence-corrected chi connectivity index (χ3v) is 6.02. The fourth-order valence-electron chi connectivity index (χ4n) is 4.35. The molecule has 0 radical (unpaired) electrons. The smallest absolute Gasteiger partial charge is 0.220 e. The second-order valence-electron chi connectivity index (χ2n) is 7.89. The van der Waals surface area contributed by atoms with Crippen molar-refractivity contribution in [2.45, 2.75) is 51.0 Å². The molecule has 1 saturated heterocycles. The zero-order valence-electron chi connectivity index (χ0n) is 14.5. The van der Waals surface area contributed by atoms with Crippen LogP contribution >= 0.6 is 0 Å². The predicted octanol–water partition coefficient (Wildman–Crippen LogP) is 3.16. The number of nitrogens with one attached hydrogen (secondary N) is 1. The average Bonchev–Trinajstić information content (AvgIpc) is 3.54. The lowest BCUT2D eigenvalue weighted by atomic mass is 9.93. The van der Waals surface area contributed by atoms with E-state index in [-0.39, 0.29) is 11.9 Å². The Kier molecular flexibility index (Phi) is 4.83. The van der Waals surface area contributed by atoms with Crippen molar-refractivity contribution in [3.63, 3.8) is 0 Å². The number of aromatic nitrogens is 1. The Hall–Kier alpha value is -1.42. The maximum absolute atomic E-state index is 12.5. The fourth-order valence-corrected chi connectivity index (χ4v) is 4.35. The Morgan fingerprint density at radius 2 is 1.92 bits per heavy atom. The first-order valence-corrected chi connectivity index (χ1v) is 9.72. The number of amides is 1. The molecule has 4 heteroatoms. The molecular weight excluding hydrogens is 298 g/mol. The highest BCUT2D eigenvalue weighted by Gasteiger charge is 2.42. The van der Waals surface area contributed by atoms with Gasteiger partial charge in [0.05, 0.1) is 6.04 Å². The maximum Gasteiger partial charge on any atom is 0.220 e. The minimum atomic E-state index is 0.256. The molecule has 1 aromatic heterocycles. The minimum absolute atomic E-state index is 0.256. The second-order valence-corrected chi connectivity index (χ2v) is 7.89. The van der Waals surface area contributed by atoms with Crippen LogP contribution in [0.3, 0.4) is 0 Å². The summed E-state index contributed by atoms with van der Waals surface area (Å²) in [6, 6.07) is 4.40. The van der Waals surface area contributed by atoms with Crippen molar-refractivity contribution in [3.8, 4) is 0 Å². The van der Waals surface area contributed by atoms with Crippen LogP contribution in [0.15, 0.2) is 24.5 Å². The van der Waals surface area contributed by atoms with E-state index in [1.54, 1.807) is 0 Å². The summed E-state index contributed by atoms with van der Waals surface area (Å²) >= 11 is 0. The minimum Gasteiger partial charge on any atom is -0.354 e. The molecule has 3 aliphatic rings. The zero-order valence-corrected chi connectivity index (χ0v) is 14.5. The molecule has 2 saturated carbocycles. The van der Waals surface area contributed by atoms with Crippen molar-refractivity contribution < 1.29 is 4.79 Å². The highest BCUT2D eigenvalue weighted by molar-refractivity contribution is 5.76. The van der Waals surface area contributed by atoms with Crippen LogP contribution in [0, 0.1) is 17.8 Å². The standard InChI is InChI=1S/C20H29N3O/c24-20(12-18(15-5-6-15)16-7-8-16)22-14-19(23-10-1-2-11-23)17-4-3-9-21-13-17/h3-4,9,13,15-16,18-19H,1-2,5-8,10-12,14H2,(H,22,24)/t19-/m1/s1. The molecule has 0 spiro atoms. The maximum atomic E-state index is 12.5. The quantitative estimate of drug-likeness (QED) is 0.798. The first-order valence-electron chi connectivity index (χ1n) is 9.72. The molecule has 4 nitrogen and oxygen atoms in total. The molecule has 3 fully saturated rings. The van der Waals surface area contributed by atoms with Crippen LogP contribution in [-0.2, 0) is 4.79 Å². The van der Waals surface area contributed by atoms with Crippen LogP contribution in [0.4, 0.5) is 0 Å². The molecular formula is C20H29N3O. The number of carbonyl (C=O) groups is 1. The van der Waals surface area contributed by atoms with Gasteiger partial charge in [-0.05, 0) is 81.0 Å². The van der Waals surface area contributed by atoms with Gasteiger partial charge in [-0.1, -0.05) is 6.07 Å². The predicted molar refractivity (Wildman–Crippen MR) is 94.3 cm³/mol. The van der Waals surface area contributed by atoms with E-state index in [0.29, 0.717) is 12.5 Å². The fraction of sp³-hybridized carbons (Fsp3) is 0.700. The SMILES string of the molecule is O=C(CC(C1CC1)C1CC1)NC[C@H](c1cccnc1)N1CCCC1. The Bertz CT molecular complexity index is 535. The van der Waals surface area contributed by atoms with E-state index >= 15 is 0 Å². The largest absolute Gasteiger partial charge is 0.354 e. The summed E-state index contributed by atoms with van der Waals surface area (Å²) in [7, 11) is 0. The van der Waals surface area contributed by atoms with Crippen molar-refractivity contribution in [2.75, 3.05) is 19.6 Å². The van der Waals surface area contributed by atoms with Gasteiger partial charge in [-0.2, -0.15) is 0 Å². The van der Waals surface area contributed by atoms with Gasteiger partial charge in [0.25, 0.3) is 0 Å². The molecule has 0 aromatic carbocycles. The van der Waals surface area contributed by atoms with E-state index in [1.807, 2.05) is 18.5 Å². The highest BCUT2D eigenvalue weighted by atomic mass is 16.1. The summed E-state index contributed by atoms with van der Waals surface area (Å²) in [6.45, 7) is 2.97. The molecule has 24 heavy (non-hydrogen) atoms. The summed E-state index contributed by atoms with van der Waals surface area (Å²) in [6.07, 6.45) is 12.4. The van der Waals surface area contributed by atoms with Crippen LogP contribution < -0.4 is 5.32 Å². The van der Waals surface area contributed by atoms with Crippen molar-refractivity contribution in [1.82, 2.24) is 15.2 Å². The van der Waals surface area contributed by atoms with Crippen LogP contribution in [0.1, 0.15) is 56.6 Å². The summed E-state index contributed by atoms with van der Waals surface area (Å²) in [5.74, 6) is 2.60. The highest BCUT2D eigenvalue weighted by Crippen LogP contribution is 2.50. The van der Waals surface area contributed by atoms with Gasteiger partial charge >= 0.3 is 0 Å². The number of nitrogens with zero attached hydrogens (tertiary/aromatic N) is 2. The van der Waals surface area contributed by atoms with Crippen LogP contribution in [0.5, 0.6) is 0 Å². The van der Waals surface area contributed by atoms with E-state index < -0.39 is 0 Å². The number of hydrogen-bond acceptors (Lipinski definition) is 3. The zero-order chi connectivity index (χ0) is 16.4. The molecule has 0 unspecified atom stereocenters. The average molecular weight is 327 g/mol. The third-order valence-electron chi connectivity index (χ3n) is 6.02. The first-order chi connectivity index (χ1) is 11.8. The Morgan fingerprint density at radius 1 is 1.21 bits per heavy atom. The monoisotopic (exact) mass is 327 g/mol. The molecule has 1 aromatic rings. The van der Waals surface area contributed by atoms with Crippen molar-refractivity contribution in [2.24, 2.45) is 17.8 Å². The van der Waals surface area contributed by atoms with E-state index in [0.717, 1.165) is 31.3 Å². The first kappa shape index (κ1) is 16.1.